The van der Waals surface area contributed by atoms with Gasteiger partial charge in [0.15, 0.2) is 0 Å². The van der Waals surface area contributed by atoms with E-state index in [0.717, 1.165) is 18.6 Å². The molecule has 13 heavy (non-hydrogen) atoms. The highest BCUT2D eigenvalue weighted by molar-refractivity contribution is 5.09. The van der Waals surface area contributed by atoms with Crippen molar-refractivity contribution in [1.82, 2.24) is 5.32 Å². The van der Waals surface area contributed by atoms with Gasteiger partial charge in [-0.15, -0.1) is 0 Å². The number of likely N-dealkylation sites (N-methyl/N-ethyl adjacent to an activating group) is 1. The van der Waals surface area contributed by atoms with Gasteiger partial charge in [0.1, 0.15) is 0 Å². The second kappa shape index (κ2) is 5.40. The van der Waals surface area contributed by atoms with E-state index >= 15 is 0 Å². The highest BCUT2D eigenvalue weighted by Crippen LogP contribution is 2.23. The molecule has 2 unspecified atom stereocenters. The van der Waals surface area contributed by atoms with E-state index in [0.29, 0.717) is 0 Å². The van der Waals surface area contributed by atoms with Crippen LogP contribution in [0.4, 0.5) is 0 Å². The predicted octanol–water partition coefficient (Wildman–Crippen LogP) is 2.36. The van der Waals surface area contributed by atoms with E-state index in [2.05, 4.69) is 25.7 Å². The third-order valence-corrected chi connectivity index (χ3v) is 2.57. The summed E-state index contributed by atoms with van der Waals surface area (Å²) >= 11 is 0. The number of hydrogen-bond acceptors (Lipinski definition) is 2. The molecule has 0 heterocycles. The molecule has 1 N–H and O–H groups in total. The number of hydrogen-bond donors (Lipinski definition) is 1. The summed E-state index contributed by atoms with van der Waals surface area (Å²) in [7, 11) is 1.95. The SMILES string of the molecule is C=C(C)C(NC)C(C)(CC)OCC. The van der Waals surface area contributed by atoms with Crippen LogP contribution in [0.2, 0.25) is 0 Å². The van der Waals surface area contributed by atoms with Gasteiger partial charge in [-0.2, -0.15) is 0 Å². The maximum atomic E-state index is 5.77. The number of nitrogens with one attached hydrogen (secondary N) is 1. The molecule has 0 aliphatic carbocycles. The summed E-state index contributed by atoms with van der Waals surface area (Å²) in [5.41, 5.74) is 0.996. The molecule has 2 nitrogen and oxygen atoms in total. The zero-order valence-corrected chi connectivity index (χ0v) is 9.61. The van der Waals surface area contributed by atoms with E-state index in [9.17, 15) is 0 Å². The average molecular weight is 185 g/mol. The predicted molar refractivity (Wildman–Crippen MR) is 58.0 cm³/mol. The van der Waals surface area contributed by atoms with Crippen molar-refractivity contribution in [3.05, 3.63) is 12.2 Å². The van der Waals surface area contributed by atoms with Crippen LogP contribution in [0.1, 0.15) is 34.1 Å². The van der Waals surface area contributed by atoms with E-state index in [1.807, 2.05) is 20.9 Å². The van der Waals surface area contributed by atoms with E-state index in [-0.39, 0.29) is 11.6 Å². The molecular formula is C11H23NO. The maximum absolute atomic E-state index is 5.77. The highest BCUT2D eigenvalue weighted by atomic mass is 16.5. The second-order valence-electron chi connectivity index (χ2n) is 3.67. The maximum Gasteiger partial charge on any atom is 0.0842 e. The standard InChI is InChI=1S/C11H23NO/c1-7-11(5,13-8-2)10(12-6)9(3)4/h10,12H,3,7-8H2,1-2,4-6H3. The summed E-state index contributed by atoms with van der Waals surface area (Å²) in [6, 6.07) is 0.234. The van der Waals surface area contributed by atoms with Crippen molar-refractivity contribution in [2.75, 3.05) is 13.7 Å². The molecule has 0 fully saturated rings. The molecule has 2 heteroatoms. The summed E-state index contributed by atoms with van der Waals surface area (Å²) < 4.78 is 5.77. The molecule has 0 spiro atoms. The highest BCUT2D eigenvalue weighted by Gasteiger charge is 2.32. The van der Waals surface area contributed by atoms with Crippen molar-refractivity contribution in [2.45, 2.75) is 45.8 Å². The van der Waals surface area contributed by atoms with Crippen LogP contribution in [0.25, 0.3) is 0 Å². The van der Waals surface area contributed by atoms with Gasteiger partial charge in [-0.05, 0) is 34.2 Å². The molecule has 2 atom stereocenters. The largest absolute Gasteiger partial charge is 0.374 e. The Labute approximate surface area is 82.4 Å². The van der Waals surface area contributed by atoms with Crippen molar-refractivity contribution in [3.63, 3.8) is 0 Å². The zero-order valence-electron chi connectivity index (χ0n) is 9.61. The Morgan fingerprint density at radius 2 is 2.08 bits per heavy atom. The number of ether oxygens (including phenoxy) is 1. The summed E-state index contributed by atoms with van der Waals surface area (Å²) in [6.07, 6.45) is 0.985. The topological polar surface area (TPSA) is 21.3 Å². The van der Waals surface area contributed by atoms with E-state index in [4.69, 9.17) is 4.74 Å². The number of rotatable bonds is 6. The van der Waals surface area contributed by atoms with Crippen LogP contribution >= 0.6 is 0 Å². The monoisotopic (exact) mass is 185 g/mol. The summed E-state index contributed by atoms with van der Waals surface area (Å²) in [4.78, 5) is 0. The molecular weight excluding hydrogens is 162 g/mol. The molecule has 0 aliphatic rings. The van der Waals surface area contributed by atoms with Crippen molar-refractivity contribution in [3.8, 4) is 0 Å². The lowest BCUT2D eigenvalue weighted by atomic mass is 9.89. The summed E-state index contributed by atoms with van der Waals surface area (Å²) in [5.74, 6) is 0. The quantitative estimate of drug-likeness (QED) is 0.641. The van der Waals surface area contributed by atoms with Crippen LogP contribution in [0.3, 0.4) is 0 Å². The lowest BCUT2D eigenvalue weighted by Crippen LogP contribution is -2.49. The smallest absolute Gasteiger partial charge is 0.0842 e. The molecule has 0 amide bonds. The fourth-order valence-electron chi connectivity index (χ4n) is 1.79. The molecule has 0 rings (SSSR count). The fraction of sp³-hybridized carbons (Fsp3) is 0.818. The van der Waals surface area contributed by atoms with Gasteiger partial charge in [-0.3, -0.25) is 0 Å². The van der Waals surface area contributed by atoms with Gasteiger partial charge < -0.3 is 10.1 Å². The van der Waals surface area contributed by atoms with Crippen LogP contribution in [0.15, 0.2) is 12.2 Å². The van der Waals surface area contributed by atoms with Crippen LogP contribution in [0.5, 0.6) is 0 Å². The Morgan fingerprint density at radius 3 is 2.31 bits per heavy atom. The van der Waals surface area contributed by atoms with E-state index < -0.39 is 0 Å². The van der Waals surface area contributed by atoms with Gasteiger partial charge in [0.2, 0.25) is 0 Å². The zero-order chi connectivity index (χ0) is 10.5. The minimum absolute atomic E-state index is 0.130. The van der Waals surface area contributed by atoms with Crippen molar-refractivity contribution in [1.29, 1.82) is 0 Å². The van der Waals surface area contributed by atoms with Gasteiger partial charge in [0.05, 0.1) is 11.6 Å². The Hall–Kier alpha value is -0.340. The van der Waals surface area contributed by atoms with Crippen LogP contribution in [-0.2, 0) is 4.74 Å². The Morgan fingerprint density at radius 1 is 1.54 bits per heavy atom. The minimum Gasteiger partial charge on any atom is -0.374 e. The normalized spacial score (nSPS) is 17.9. The van der Waals surface area contributed by atoms with Gasteiger partial charge in [0.25, 0.3) is 0 Å². The fourth-order valence-corrected chi connectivity index (χ4v) is 1.79. The molecule has 0 aromatic heterocycles. The Balaban J connectivity index is 4.58. The van der Waals surface area contributed by atoms with Crippen LogP contribution < -0.4 is 5.32 Å². The molecule has 0 aromatic carbocycles. The Bertz CT molecular complexity index is 167. The summed E-state index contributed by atoms with van der Waals surface area (Å²) in [5, 5.41) is 3.25. The third kappa shape index (κ3) is 3.12. The van der Waals surface area contributed by atoms with Crippen molar-refractivity contribution in [2.24, 2.45) is 0 Å². The van der Waals surface area contributed by atoms with Crippen molar-refractivity contribution < 1.29 is 4.74 Å². The van der Waals surface area contributed by atoms with E-state index in [1.54, 1.807) is 0 Å². The first kappa shape index (κ1) is 12.7. The molecule has 0 saturated carbocycles. The third-order valence-electron chi connectivity index (χ3n) is 2.57. The van der Waals surface area contributed by atoms with E-state index in [1.165, 1.54) is 0 Å². The van der Waals surface area contributed by atoms with Crippen LogP contribution in [-0.4, -0.2) is 25.3 Å². The lowest BCUT2D eigenvalue weighted by molar-refractivity contribution is -0.0449. The molecule has 0 saturated heterocycles. The second-order valence-corrected chi connectivity index (χ2v) is 3.67. The van der Waals surface area contributed by atoms with Gasteiger partial charge in [0, 0.05) is 6.61 Å². The summed E-state index contributed by atoms with van der Waals surface area (Å²) in [6.45, 7) is 13.1. The van der Waals surface area contributed by atoms with Gasteiger partial charge in [-0.1, -0.05) is 19.1 Å². The van der Waals surface area contributed by atoms with Gasteiger partial charge in [-0.25, -0.2) is 0 Å². The van der Waals surface area contributed by atoms with Crippen molar-refractivity contribution >= 4 is 0 Å². The first-order chi connectivity index (χ1) is 6.01. The lowest BCUT2D eigenvalue weighted by Gasteiger charge is -2.37. The van der Waals surface area contributed by atoms with Crippen LogP contribution in [0, 0.1) is 0 Å². The molecule has 0 aromatic rings. The molecule has 0 radical (unpaired) electrons. The van der Waals surface area contributed by atoms with Gasteiger partial charge >= 0.3 is 0 Å². The molecule has 78 valence electrons. The molecule has 0 aliphatic heterocycles. The Kier molecular flexibility index (Phi) is 5.26. The molecule has 0 bridgehead atoms. The average Bonchev–Trinajstić information content (AvgIpc) is 2.05. The first-order valence-corrected chi connectivity index (χ1v) is 4.98. The minimum atomic E-state index is -0.130. The first-order valence-electron chi connectivity index (χ1n) is 4.98.